The van der Waals surface area contributed by atoms with Gasteiger partial charge in [0.25, 0.3) is 0 Å². The standard InChI is InChI=1S/C24H31N3O4/c1-24(2,22(28)30-3)16-31-21-14-11-18(15-25-21)17-9-12-20(13-10-17)27-23(29)26-19-7-5-4-6-8-19/h9-15,19H,4-8,16H2,1-3H3,(H2,26,27,29). The summed E-state index contributed by atoms with van der Waals surface area (Å²) in [5, 5.41) is 5.95. The zero-order chi connectivity index (χ0) is 22.3. The zero-order valence-corrected chi connectivity index (χ0v) is 18.4. The molecule has 31 heavy (non-hydrogen) atoms. The number of rotatable bonds is 7. The summed E-state index contributed by atoms with van der Waals surface area (Å²) in [7, 11) is 1.36. The molecule has 0 unspecified atom stereocenters. The van der Waals surface area contributed by atoms with E-state index in [4.69, 9.17) is 9.47 Å². The zero-order valence-electron chi connectivity index (χ0n) is 18.4. The monoisotopic (exact) mass is 425 g/mol. The number of carbonyl (C=O) groups is 2. The molecule has 0 saturated heterocycles. The van der Waals surface area contributed by atoms with E-state index in [1.165, 1.54) is 26.4 Å². The molecule has 0 bridgehead atoms. The number of ether oxygens (including phenoxy) is 2. The summed E-state index contributed by atoms with van der Waals surface area (Å²) in [6.07, 6.45) is 7.45. The van der Waals surface area contributed by atoms with E-state index in [1.807, 2.05) is 30.3 Å². The molecule has 3 rings (SSSR count). The number of carbonyl (C=O) groups excluding carboxylic acids is 2. The van der Waals surface area contributed by atoms with Gasteiger partial charge in [0.1, 0.15) is 6.61 Å². The highest BCUT2D eigenvalue weighted by molar-refractivity contribution is 5.89. The van der Waals surface area contributed by atoms with Gasteiger partial charge in [-0.15, -0.1) is 0 Å². The minimum Gasteiger partial charge on any atom is -0.476 e. The lowest BCUT2D eigenvalue weighted by Gasteiger charge is -2.22. The van der Waals surface area contributed by atoms with E-state index in [1.54, 1.807) is 26.1 Å². The smallest absolute Gasteiger partial charge is 0.319 e. The Morgan fingerprint density at radius 1 is 1.03 bits per heavy atom. The highest BCUT2D eigenvalue weighted by Gasteiger charge is 2.29. The maximum Gasteiger partial charge on any atom is 0.319 e. The van der Waals surface area contributed by atoms with Crippen LogP contribution < -0.4 is 15.4 Å². The number of nitrogens with one attached hydrogen (secondary N) is 2. The van der Waals surface area contributed by atoms with Gasteiger partial charge >= 0.3 is 12.0 Å². The Bertz CT molecular complexity index is 873. The van der Waals surface area contributed by atoms with Crippen molar-refractivity contribution in [2.45, 2.75) is 52.0 Å². The van der Waals surface area contributed by atoms with Crippen LogP contribution in [0.5, 0.6) is 5.88 Å². The molecule has 1 heterocycles. The van der Waals surface area contributed by atoms with Crippen molar-refractivity contribution in [1.82, 2.24) is 10.3 Å². The first kappa shape index (κ1) is 22.6. The lowest BCUT2D eigenvalue weighted by atomic mass is 9.95. The molecule has 0 radical (unpaired) electrons. The Morgan fingerprint density at radius 3 is 2.32 bits per heavy atom. The average Bonchev–Trinajstić information content (AvgIpc) is 2.78. The van der Waals surface area contributed by atoms with Crippen LogP contribution in [0.3, 0.4) is 0 Å². The van der Waals surface area contributed by atoms with E-state index in [9.17, 15) is 9.59 Å². The third-order valence-electron chi connectivity index (χ3n) is 5.47. The lowest BCUT2D eigenvalue weighted by Crippen LogP contribution is -2.38. The predicted molar refractivity (Wildman–Crippen MR) is 120 cm³/mol. The predicted octanol–water partition coefficient (Wildman–Crippen LogP) is 4.78. The highest BCUT2D eigenvalue weighted by Crippen LogP contribution is 2.24. The molecule has 1 aliphatic rings. The summed E-state index contributed by atoms with van der Waals surface area (Å²) in [5.41, 5.74) is 1.90. The molecular formula is C24H31N3O4. The van der Waals surface area contributed by atoms with E-state index in [0.717, 1.165) is 29.7 Å². The molecule has 0 aliphatic heterocycles. The lowest BCUT2D eigenvalue weighted by molar-refractivity contribution is -0.152. The fraction of sp³-hybridized carbons (Fsp3) is 0.458. The van der Waals surface area contributed by atoms with Crippen LogP contribution in [-0.2, 0) is 9.53 Å². The van der Waals surface area contributed by atoms with Gasteiger partial charge < -0.3 is 20.1 Å². The maximum absolute atomic E-state index is 12.2. The normalized spacial score (nSPS) is 14.5. The molecule has 1 aromatic heterocycles. The second-order valence-electron chi connectivity index (χ2n) is 8.56. The number of benzene rings is 1. The third kappa shape index (κ3) is 6.44. The number of anilines is 1. The largest absolute Gasteiger partial charge is 0.476 e. The van der Waals surface area contributed by atoms with Gasteiger partial charge in [0.15, 0.2) is 0 Å². The molecule has 1 saturated carbocycles. The Morgan fingerprint density at radius 2 is 1.71 bits per heavy atom. The summed E-state index contributed by atoms with van der Waals surface area (Å²) in [4.78, 5) is 28.3. The van der Waals surface area contributed by atoms with Crippen molar-refractivity contribution in [3.63, 3.8) is 0 Å². The van der Waals surface area contributed by atoms with Crippen molar-refractivity contribution in [3.05, 3.63) is 42.6 Å². The van der Waals surface area contributed by atoms with E-state index in [-0.39, 0.29) is 24.6 Å². The number of pyridine rings is 1. The van der Waals surface area contributed by atoms with Crippen molar-refractivity contribution in [2.75, 3.05) is 19.0 Å². The van der Waals surface area contributed by atoms with Gasteiger partial charge in [-0.2, -0.15) is 0 Å². The van der Waals surface area contributed by atoms with Gasteiger partial charge in [-0.1, -0.05) is 31.4 Å². The quantitative estimate of drug-likeness (QED) is 0.623. The molecule has 1 fully saturated rings. The minimum absolute atomic E-state index is 0.155. The number of esters is 1. The first-order valence-electron chi connectivity index (χ1n) is 10.7. The molecule has 2 N–H and O–H groups in total. The van der Waals surface area contributed by atoms with Gasteiger partial charge in [0.05, 0.1) is 12.5 Å². The van der Waals surface area contributed by atoms with Crippen molar-refractivity contribution in [3.8, 4) is 17.0 Å². The Hall–Kier alpha value is -3.09. The Kier molecular flexibility index (Phi) is 7.50. The molecule has 0 atom stereocenters. The van der Waals surface area contributed by atoms with E-state index in [0.29, 0.717) is 5.88 Å². The van der Waals surface area contributed by atoms with Crippen LogP contribution in [0.4, 0.5) is 10.5 Å². The number of amides is 2. The molecule has 166 valence electrons. The number of hydrogen-bond acceptors (Lipinski definition) is 5. The maximum atomic E-state index is 12.2. The van der Waals surface area contributed by atoms with Crippen molar-refractivity contribution in [2.24, 2.45) is 5.41 Å². The van der Waals surface area contributed by atoms with Crippen LogP contribution >= 0.6 is 0 Å². The fourth-order valence-electron chi connectivity index (χ4n) is 3.57. The Balaban J connectivity index is 1.53. The van der Waals surface area contributed by atoms with Gasteiger partial charge in [-0.3, -0.25) is 4.79 Å². The third-order valence-corrected chi connectivity index (χ3v) is 5.47. The number of methoxy groups -OCH3 is 1. The van der Waals surface area contributed by atoms with Crippen molar-refractivity contribution < 1.29 is 19.1 Å². The van der Waals surface area contributed by atoms with Crippen LogP contribution in [0, 0.1) is 5.41 Å². The second kappa shape index (κ2) is 10.3. The van der Waals surface area contributed by atoms with Crippen LogP contribution in [0.2, 0.25) is 0 Å². The van der Waals surface area contributed by atoms with Gasteiger partial charge in [-0.25, -0.2) is 9.78 Å². The van der Waals surface area contributed by atoms with Crippen LogP contribution in [0.1, 0.15) is 46.0 Å². The molecule has 7 heteroatoms. The Labute approximate surface area is 183 Å². The number of hydrogen-bond donors (Lipinski definition) is 2. The van der Waals surface area contributed by atoms with Crippen LogP contribution in [0.25, 0.3) is 11.1 Å². The average molecular weight is 426 g/mol. The summed E-state index contributed by atoms with van der Waals surface area (Å²) in [6.45, 7) is 3.70. The highest BCUT2D eigenvalue weighted by atomic mass is 16.5. The van der Waals surface area contributed by atoms with Gasteiger partial charge in [0, 0.05) is 29.6 Å². The first-order chi connectivity index (χ1) is 14.9. The molecular weight excluding hydrogens is 394 g/mol. The summed E-state index contributed by atoms with van der Waals surface area (Å²) in [5.74, 6) is 0.114. The molecule has 1 aromatic carbocycles. The van der Waals surface area contributed by atoms with Gasteiger partial charge in [-0.05, 0) is 50.5 Å². The fourth-order valence-corrected chi connectivity index (χ4v) is 3.57. The van der Waals surface area contributed by atoms with E-state index >= 15 is 0 Å². The molecule has 1 aliphatic carbocycles. The van der Waals surface area contributed by atoms with E-state index in [2.05, 4.69) is 15.6 Å². The topological polar surface area (TPSA) is 89.5 Å². The molecule has 0 spiro atoms. The molecule has 2 aromatic rings. The van der Waals surface area contributed by atoms with Crippen LogP contribution in [-0.4, -0.2) is 36.7 Å². The second-order valence-corrected chi connectivity index (χ2v) is 8.56. The molecule has 7 nitrogen and oxygen atoms in total. The number of aromatic nitrogens is 1. The van der Waals surface area contributed by atoms with E-state index < -0.39 is 5.41 Å². The number of urea groups is 1. The molecule has 2 amide bonds. The number of nitrogens with zero attached hydrogens (tertiary/aromatic N) is 1. The van der Waals surface area contributed by atoms with Crippen molar-refractivity contribution in [1.29, 1.82) is 0 Å². The van der Waals surface area contributed by atoms with Crippen molar-refractivity contribution >= 4 is 17.7 Å². The summed E-state index contributed by atoms with van der Waals surface area (Å²) >= 11 is 0. The first-order valence-corrected chi connectivity index (χ1v) is 10.7. The summed E-state index contributed by atoms with van der Waals surface area (Å²) < 4.78 is 10.4. The minimum atomic E-state index is -0.749. The summed E-state index contributed by atoms with van der Waals surface area (Å²) in [6, 6.07) is 11.4. The van der Waals surface area contributed by atoms with Gasteiger partial charge in [0.2, 0.25) is 5.88 Å². The SMILES string of the molecule is COC(=O)C(C)(C)COc1ccc(-c2ccc(NC(=O)NC3CCCCC3)cc2)cn1. The van der Waals surface area contributed by atoms with Crippen LogP contribution in [0.15, 0.2) is 42.6 Å².